The van der Waals surface area contributed by atoms with Gasteiger partial charge in [0.15, 0.2) is 0 Å². The second-order valence-corrected chi connectivity index (χ2v) is 5.46. The molecule has 1 heterocycles. The molecule has 1 atom stereocenters. The van der Waals surface area contributed by atoms with E-state index in [0.29, 0.717) is 12.0 Å². The average Bonchev–Trinajstić information content (AvgIpc) is 2.27. The van der Waals surface area contributed by atoms with Gasteiger partial charge >= 0.3 is 0 Å². The number of hydrogen-bond donors (Lipinski definition) is 1. The van der Waals surface area contributed by atoms with Crippen molar-refractivity contribution < 1.29 is 4.74 Å². The number of hydrogen-bond acceptors (Lipinski definition) is 2. The van der Waals surface area contributed by atoms with Crippen LogP contribution in [0, 0.1) is 0 Å². The third-order valence-corrected chi connectivity index (χ3v) is 3.57. The molecule has 0 fully saturated rings. The Morgan fingerprint density at radius 2 is 2.19 bits per heavy atom. The molecule has 1 aromatic rings. The van der Waals surface area contributed by atoms with Crippen LogP contribution in [0.3, 0.4) is 0 Å². The summed E-state index contributed by atoms with van der Waals surface area (Å²) in [5, 5.41) is 3.35. The fraction of sp³-hybridized carbons (Fsp3) is 0.538. The molecule has 1 unspecified atom stereocenters. The molecule has 3 heteroatoms. The topological polar surface area (TPSA) is 21.3 Å². The van der Waals surface area contributed by atoms with Gasteiger partial charge in [0.1, 0.15) is 5.75 Å². The molecule has 0 amide bonds. The second kappa shape index (κ2) is 4.76. The van der Waals surface area contributed by atoms with Crippen molar-refractivity contribution in [3.05, 3.63) is 27.7 Å². The van der Waals surface area contributed by atoms with Gasteiger partial charge in [-0.15, -0.1) is 0 Å². The third-order valence-electron chi connectivity index (χ3n) is 3.11. The predicted molar refractivity (Wildman–Crippen MR) is 70.1 cm³/mol. The lowest BCUT2D eigenvalue weighted by Crippen LogP contribution is -2.24. The Labute approximate surface area is 106 Å². The van der Waals surface area contributed by atoms with Gasteiger partial charge in [-0.2, -0.15) is 0 Å². The Bertz CT molecular complexity index is 390. The molecule has 1 aromatic carbocycles. The highest BCUT2D eigenvalue weighted by molar-refractivity contribution is 9.10. The summed E-state index contributed by atoms with van der Waals surface area (Å²) in [5.41, 5.74) is 2.58. The lowest BCUT2D eigenvalue weighted by molar-refractivity contribution is 0.254. The predicted octanol–water partition coefficient (Wildman–Crippen LogP) is 3.62. The van der Waals surface area contributed by atoms with Crippen LogP contribution in [-0.2, 0) is 0 Å². The SMILES string of the molecule is CNC1CCOc2c(C(C)C)cc(Br)cc21. The Kier molecular flexibility index (Phi) is 3.55. The Hall–Kier alpha value is -0.540. The molecule has 0 aliphatic carbocycles. The standard InChI is InChI=1S/C13H18BrNO/c1-8(2)10-6-9(14)7-11-12(15-3)4-5-16-13(10)11/h6-8,12,15H,4-5H2,1-3H3. The Morgan fingerprint density at radius 3 is 2.81 bits per heavy atom. The Balaban J connectivity index is 2.54. The maximum atomic E-state index is 5.84. The van der Waals surface area contributed by atoms with Crippen molar-refractivity contribution in [1.82, 2.24) is 5.32 Å². The molecule has 0 spiro atoms. The van der Waals surface area contributed by atoms with Crippen LogP contribution in [0.4, 0.5) is 0 Å². The van der Waals surface area contributed by atoms with Gasteiger partial charge in [0.2, 0.25) is 0 Å². The zero-order valence-corrected chi connectivity index (χ0v) is 11.6. The molecule has 0 saturated heterocycles. The van der Waals surface area contributed by atoms with Crippen LogP contribution in [-0.4, -0.2) is 13.7 Å². The monoisotopic (exact) mass is 283 g/mol. The molecule has 88 valence electrons. The molecule has 2 rings (SSSR count). The second-order valence-electron chi connectivity index (χ2n) is 4.55. The summed E-state index contributed by atoms with van der Waals surface area (Å²) in [7, 11) is 2.01. The average molecular weight is 284 g/mol. The molecular weight excluding hydrogens is 266 g/mol. The van der Waals surface area contributed by atoms with Gasteiger partial charge in [0.05, 0.1) is 6.61 Å². The summed E-state index contributed by atoms with van der Waals surface area (Å²) in [5.74, 6) is 1.57. The molecule has 0 bridgehead atoms. The van der Waals surface area contributed by atoms with Gasteiger partial charge in [-0.25, -0.2) is 0 Å². The van der Waals surface area contributed by atoms with E-state index >= 15 is 0 Å². The first-order chi connectivity index (χ1) is 7.63. The molecule has 1 aliphatic heterocycles. The summed E-state index contributed by atoms with van der Waals surface area (Å²) in [6, 6.07) is 4.75. The summed E-state index contributed by atoms with van der Waals surface area (Å²) < 4.78 is 6.98. The number of rotatable bonds is 2. The zero-order valence-electron chi connectivity index (χ0n) is 10.0. The zero-order chi connectivity index (χ0) is 11.7. The largest absolute Gasteiger partial charge is 0.493 e. The van der Waals surface area contributed by atoms with Gasteiger partial charge < -0.3 is 10.1 Å². The molecule has 0 radical (unpaired) electrons. The molecule has 0 aromatic heterocycles. The van der Waals surface area contributed by atoms with E-state index in [1.54, 1.807) is 0 Å². The first-order valence-electron chi connectivity index (χ1n) is 5.77. The van der Waals surface area contributed by atoms with Crippen molar-refractivity contribution in [2.45, 2.75) is 32.2 Å². The summed E-state index contributed by atoms with van der Waals surface area (Å²) in [6.07, 6.45) is 1.04. The molecule has 1 N–H and O–H groups in total. The molecule has 2 nitrogen and oxygen atoms in total. The van der Waals surface area contributed by atoms with Gasteiger partial charge in [0.25, 0.3) is 0 Å². The number of halogens is 1. The van der Waals surface area contributed by atoms with E-state index in [1.807, 2.05) is 7.05 Å². The minimum absolute atomic E-state index is 0.416. The maximum Gasteiger partial charge on any atom is 0.127 e. The van der Waals surface area contributed by atoms with Crippen molar-refractivity contribution in [2.24, 2.45) is 0 Å². The minimum atomic E-state index is 0.416. The van der Waals surface area contributed by atoms with Crippen molar-refractivity contribution in [3.63, 3.8) is 0 Å². The van der Waals surface area contributed by atoms with Crippen LogP contribution in [0.1, 0.15) is 43.4 Å². The van der Waals surface area contributed by atoms with E-state index in [-0.39, 0.29) is 0 Å². The Morgan fingerprint density at radius 1 is 1.44 bits per heavy atom. The van der Waals surface area contributed by atoms with Crippen LogP contribution in [0.25, 0.3) is 0 Å². The maximum absolute atomic E-state index is 5.84. The highest BCUT2D eigenvalue weighted by atomic mass is 79.9. The third kappa shape index (κ3) is 2.11. The quantitative estimate of drug-likeness (QED) is 0.895. The van der Waals surface area contributed by atoms with E-state index in [1.165, 1.54) is 11.1 Å². The smallest absolute Gasteiger partial charge is 0.127 e. The van der Waals surface area contributed by atoms with Gasteiger partial charge in [-0.05, 0) is 30.7 Å². The van der Waals surface area contributed by atoms with Gasteiger partial charge in [-0.3, -0.25) is 0 Å². The highest BCUT2D eigenvalue weighted by Crippen LogP contribution is 2.40. The van der Waals surface area contributed by atoms with Crippen molar-refractivity contribution in [2.75, 3.05) is 13.7 Å². The first-order valence-corrected chi connectivity index (χ1v) is 6.56. The normalized spacial score (nSPS) is 19.4. The molecule has 16 heavy (non-hydrogen) atoms. The van der Waals surface area contributed by atoms with Gasteiger partial charge in [-0.1, -0.05) is 29.8 Å². The van der Waals surface area contributed by atoms with Crippen molar-refractivity contribution >= 4 is 15.9 Å². The summed E-state index contributed by atoms with van der Waals surface area (Å²) in [6.45, 7) is 5.21. The fourth-order valence-corrected chi connectivity index (χ4v) is 2.72. The van der Waals surface area contributed by atoms with E-state index in [0.717, 1.165) is 23.2 Å². The van der Waals surface area contributed by atoms with Crippen LogP contribution in [0.2, 0.25) is 0 Å². The fourth-order valence-electron chi connectivity index (χ4n) is 2.23. The first kappa shape index (κ1) is 11.9. The van der Waals surface area contributed by atoms with Crippen molar-refractivity contribution in [1.29, 1.82) is 0 Å². The van der Waals surface area contributed by atoms with Crippen LogP contribution in [0.15, 0.2) is 16.6 Å². The molecule has 0 saturated carbocycles. The van der Waals surface area contributed by atoms with Gasteiger partial charge in [0, 0.05) is 22.5 Å². The minimum Gasteiger partial charge on any atom is -0.493 e. The van der Waals surface area contributed by atoms with E-state index in [4.69, 9.17) is 4.74 Å². The number of benzene rings is 1. The molecule has 1 aliphatic rings. The van der Waals surface area contributed by atoms with Crippen LogP contribution in [0.5, 0.6) is 5.75 Å². The van der Waals surface area contributed by atoms with Crippen LogP contribution < -0.4 is 10.1 Å². The number of ether oxygens (including phenoxy) is 1. The number of fused-ring (bicyclic) bond motifs is 1. The number of nitrogens with one attached hydrogen (secondary N) is 1. The van der Waals surface area contributed by atoms with Crippen molar-refractivity contribution in [3.8, 4) is 5.75 Å². The summed E-state index contributed by atoms with van der Waals surface area (Å²) >= 11 is 3.58. The lowest BCUT2D eigenvalue weighted by atomic mass is 9.93. The lowest BCUT2D eigenvalue weighted by Gasteiger charge is -2.28. The summed E-state index contributed by atoms with van der Waals surface area (Å²) in [4.78, 5) is 0. The van der Waals surface area contributed by atoms with E-state index in [2.05, 4.69) is 47.2 Å². The van der Waals surface area contributed by atoms with Crippen LogP contribution >= 0.6 is 15.9 Å². The molecular formula is C13H18BrNO. The van der Waals surface area contributed by atoms with E-state index < -0.39 is 0 Å². The highest BCUT2D eigenvalue weighted by Gasteiger charge is 2.24. The van der Waals surface area contributed by atoms with E-state index in [9.17, 15) is 0 Å².